The molecule has 1 aliphatic rings. The van der Waals surface area contributed by atoms with E-state index in [1.165, 1.54) is 0 Å². The van der Waals surface area contributed by atoms with Gasteiger partial charge in [0, 0.05) is 12.3 Å². The zero-order chi connectivity index (χ0) is 8.97. The highest BCUT2D eigenvalue weighted by Gasteiger charge is 2.16. The van der Waals surface area contributed by atoms with E-state index in [-0.39, 0.29) is 5.92 Å². The average molecular weight is 165 g/mol. The Hall–Kier alpha value is -0.970. The van der Waals surface area contributed by atoms with Gasteiger partial charge in [0.05, 0.1) is 6.54 Å². The third-order valence-corrected chi connectivity index (χ3v) is 2.06. The molecule has 0 amide bonds. The van der Waals surface area contributed by atoms with Crippen LogP contribution in [-0.4, -0.2) is 19.0 Å². The number of hydrogen-bond donors (Lipinski definition) is 0. The van der Waals surface area contributed by atoms with E-state index < -0.39 is 0 Å². The van der Waals surface area contributed by atoms with Gasteiger partial charge in [0.1, 0.15) is 6.61 Å². The zero-order valence-electron chi connectivity index (χ0n) is 7.71. The fourth-order valence-corrected chi connectivity index (χ4v) is 1.18. The lowest BCUT2D eigenvalue weighted by atomic mass is 9.93. The summed E-state index contributed by atoms with van der Waals surface area (Å²) in [5, 5.41) is 0. The summed E-state index contributed by atoms with van der Waals surface area (Å²) in [6, 6.07) is 0. The largest absolute Gasteiger partial charge is 0.479 e. The predicted octanol–water partition coefficient (Wildman–Crippen LogP) is 1.71. The monoisotopic (exact) mass is 165 g/mol. The van der Waals surface area contributed by atoms with E-state index in [0.29, 0.717) is 5.92 Å². The lowest BCUT2D eigenvalue weighted by Crippen LogP contribution is -2.12. The maximum absolute atomic E-state index is 5.39. The number of ether oxygens (including phenoxy) is 1. The van der Waals surface area contributed by atoms with E-state index in [9.17, 15) is 0 Å². The number of hydrogen-bond acceptors (Lipinski definition) is 2. The van der Waals surface area contributed by atoms with Gasteiger partial charge in [-0.2, -0.15) is 0 Å². The molecular formula is C10H15NO. The Labute approximate surface area is 74.0 Å². The Morgan fingerprint density at radius 1 is 1.67 bits per heavy atom. The van der Waals surface area contributed by atoms with Gasteiger partial charge in [-0.3, -0.25) is 4.99 Å². The van der Waals surface area contributed by atoms with Gasteiger partial charge in [0.2, 0.25) is 0 Å². The van der Waals surface area contributed by atoms with E-state index in [4.69, 9.17) is 11.2 Å². The highest BCUT2D eigenvalue weighted by atomic mass is 16.5. The van der Waals surface area contributed by atoms with Crippen LogP contribution >= 0.6 is 0 Å². The summed E-state index contributed by atoms with van der Waals surface area (Å²) in [5.74, 6) is 4.37. The quantitative estimate of drug-likeness (QED) is 0.583. The van der Waals surface area contributed by atoms with Gasteiger partial charge in [0.25, 0.3) is 0 Å². The zero-order valence-corrected chi connectivity index (χ0v) is 7.71. The van der Waals surface area contributed by atoms with Crippen LogP contribution < -0.4 is 0 Å². The molecule has 2 nitrogen and oxygen atoms in total. The number of nitrogens with zero attached hydrogens (tertiary/aromatic N) is 1. The van der Waals surface area contributed by atoms with Gasteiger partial charge in [0.15, 0.2) is 5.90 Å². The lowest BCUT2D eigenvalue weighted by Gasteiger charge is -2.13. The lowest BCUT2D eigenvalue weighted by molar-refractivity contribution is 0.327. The van der Waals surface area contributed by atoms with Crippen LogP contribution in [0.3, 0.4) is 0 Å². The van der Waals surface area contributed by atoms with Gasteiger partial charge in [-0.15, -0.1) is 12.3 Å². The Morgan fingerprint density at radius 3 is 2.83 bits per heavy atom. The van der Waals surface area contributed by atoms with E-state index in [1.807, 2.05) is 0 Å². The molecule has 0 aromatic carbocycles. The van der Waals surface area contributed by atoms with E-state index in [0.717, 1.165) is 25.5 Å². The summed E-state index contributed by atoms with van der Waals surface area (Å²) in [4.78, 5) is 4.20. The first kappa shape index (κ1) is 9.12. The van der Waals surface area contributed by atoms with Crippen molar-refractivity contribution in [3.63, 3.8) is 0 Å². The van der Waals surface area contributed by atoms with Crippen LogP contribution in [0.4, 0.5) is 0 Å². The van der Waals surface area contributed by atoms with Crippen molar-refractivity contribution in [2.75, 3.05) is 13.2 Å². The summed E-state index contributed by atoms with van der Waals surface area (Å²) in [5.41, 5.74) is 0. The van der Waals surface area contributed by atoms with Crippen molar-refractivity contribution in [2.24, 2.45) is 16.8 Å². The van der Waals surface area contributed by atoms with E-state index in [1.54, 1.807) is 0 Å². The fourth-order valence-electron chi connectivity index (χ4n) is 1.18. The van der Waals surface area contributed by atoms with Gasteiger partial charge in [-0.05, 0) is 5.92 Å². The minimum absolute atomic E-state index is 0.266. The van der Waals surface area contributed by atoms with Crippen molar-refractivity contribution in [3.8, 4) is 12.3 Å². The van der Waals surface area contributed by atoms with Gasteiger partial charge < -0.3 is 4.74 Å². The number of rotatable bonds is 3. The standard InChI is InChI=1S/C10H15NO/c1-4-9(8(2)3)7-10-11-5-6-12-10/h1,8-9H,5-7H2,2-3H3/t9-/m1/s1. The molecule has 0 saturated heterocycles. The Bertz CT molecular complexity index is 212. The molecule has 0 bridgehead atoms. The Kier molecular flexibility index (Phi) is 3.16. The molecule has 1 heterocycles. The molecule has 12 heavy (non-hydrogen) atoms. The van der Waals surface area contributed by atoms with Crippen molar-refractivity contribution in [3.05, 3.63) is 0 Å². The van der Waals surface area contributed by atoms with E-state index in [2.05, 4.69) is 24.8 Å². The molecule has 0 unspecified atom stereocenters. The van der Waals surface area contributed by atoms with Crippen molar-refractivity contribution >= 4 is 5.90 Å². The normalized spacial score (nSPS) is 18.3. The molecule has 0 saturated carbocycles. The van der Waals surface area contributed by atoms with Crippen LogP contribution in [0.25, 0.3) is 0 Å². The molecule has 1 aliphatic heterocycles. The van der Waals surface area contributed by atoms with Crippen LogP contribution in [0.2, 0.25) is 0 Å². The average Bonchev–Trinajstić information content (AvgIpc) is 2.51. The molecule has 0 radical (unpaired) electrons. The number of aliphatic imine (C=N–C) groups is 1. The van der Waals surface area contributed by atoms with Crippen LogP contribution in [-0.2, 0) is 4.74 Å². The second-order valence-electron chi connectivity index (χ2n) is 3.35. The summed E-state index contributed by atoms with van der Waals surface area (Å²) < 4.78 is 5.29. The first-order chi connectivity index (χ1) is 5.74. The third kappa shape index (κ3) is 2.27. The topological polar surface area (TPSA) is 21.6 Å². The van der Waals surface area contributed by atoms with Crippen LogP contribution in [0, 0.1) is 24.2 Å². The maximum Gasteiger partial charge on any atom is 0.184 e. The molecule has 0 aromatic heterocycles. The smallest absolute Gasteiger partial charge is 0.184 e. The van der Waals surface area contributed by atoms with E-state index >= 15 is 0 Å². The van der Waals surface area contributed by atoms with Gasteiger partial charge in [-0.1, -0.05) is 13.8 Å². The van der Waals surface area contributed by atoms with Gasteiger partial charge in [-0.25, -0.2) is 0 Å². The minimum Gasteiger partial charge on any atom is -0.479 e. The SMILES string of the molecule is C#C[C@H](CC1=NCCO1)C(C)C. The molecule has 66 valence electrons. The highest BCUT2D eigenvalue weighted by Crippen LogP contribution is 2.16. The Morgan fingerprint density at radius 2 is 2.42 bits per heavy atom. The molecular weight excluding hydrogens is 150 g/mol. The second kappa shape index (κ2) is 4.15. The maximum atomic E-state index is 5.39. The molecule has 1 atom stereocenters. The van der Waals surface area contributed by atoms with Crippen molar-refractivity contribution in [2.45, 2.75) is 20.3 Å². The summed E-state index contributed by atoms with van der Waals surface area (Å²) in [6.07, 6.45) is 6.19. The summed E-state index contributed by atoms with van der Waals surface area (Å²) >= 11 is 0. The summed E-state index contributed by atoms with van der Waals surface area (Å²) in [7, 11) is 0. The van der Waals surface area contributed by atoms with Crippen molar-refractivity contribution in [1.82, 2.24) is 0 Å². The minimum atomic E-state index is 0.266. The Balaban J connectivity index is 2.43. The molecule has 0 aromatic rings. The second-order valence-corrected chi connectivity index (χ2v) is 3.35. The predicted molar refractivity (Wildman–Crippen MR) is 50.0 cm³/mol. The molecule has 0 aliphatic carbocycles. The molecule has 0 spiro atoms. The van der Waals surface area contributed by atoms with Crippen molar-refractivity contribution in [1.29, 1.82) is 0 Å². The first-order valence-electron chi connectivity index (χ1n) is 4.36. The summed E-state index contributed by atoms with van der Waals surface area (Å²) in [6.45, 7) is 5.77. The molecule has 1 rings (SSSR count). The molecule has 0 N–H and O–H groups in total. The highest BCUT2D eigenvalue weighted by molar-refractivity contribution is 5.77. The van der Waals surface area contributed by atoms with Crippen molar-refractivity contribution < 1.29 is 4.74 Å². The fraction of sp³-hybridized carbons (Fsp3) is 0.700. The molecule has 0 fully saturated rings. The number of terminal acetylenes is 1. The van der Waals surface area contributed by atoms with Crippen LogP contribution in [0.5, 0.6) is 0 Å². The van der Waals surface area contributed by atoms with Crippen LogP contribution in [0.1, 0.15) is 20.3 Å². The van der Waals surface area contributed by atoms with Crippen LogP contribution in [0.15, 0.2) is 4.99 Å². The van der Waals surface area contributed by atoms with Gasteiger partial charge >= 0.3 is 0 Å². The first-order valence-corrected chi connectivity index (χ1v) is 4.36. The molecule has 2 heteroatoms. The third-order valence-electron chi connectivity index (χ3n) is 2.06.